The van der Waals surface area contributed by atoms with Gasteiger partial charge in [-0.05, 0) is 111 Å². The Labute approximate surface area is 669 Å². The van der Waals surface area contributed by atoms with Gasteiger partial charge in [0, 0.05) is 80.6 Å². The molecule has 15 rings (SSSR count). The van der Waals surface area contributed by atoms with E-state index in [-0.39, 0.29) is 102 Å². The van der Waals surface area contributed by atoms with Gasteiger partial charge < -0.3 is 76.1 Å². The molecule has 0 bridgehead atoms. The number of hydrogen-bond donors (Lipinski definition) is 12. The maximum atomic E-state index is 14.8. The highest BCUT2D eigenvalue weighted by Gasteiger charge is 2.49. The molecule has 6 aliphatic carbocycles. The second kappa shape index (κ2) is 35.1. The number of halogens is 3. The number of benzene rings is 3. The van der Waals surface area contributed by atoms with Crippen LogP contribution in [0.3, 0.4) is 0 Å². The minimum atomic E-state index is -3.43. The third-order valence-corrected chi connectivity index (χ3v) is 21.0. The highest BCUT2D eigenvalue weighted by Crippen LogP contribution is 2.48. The van der Waals surface area contributed by atoms with E-state index in [1.807, 2.05) is 20.8 Å². The Kier molecular flexibility index (Phi) is 16.9. The number of nitrogens with zero attached hydrogens (tertiary/aromatic N) is 15. The Morgan fingerprint density at radius 2 is 0.806 bits per heavy atom. The van der Waals surface area contributed by atoms with Crippen molar-refractivity contribution in [3.8, 4) is 0 Å². The predicted octanol–water partition coefficient (Wildman–Crippen LogP) is 6.55. The molecule has 36 heteroatoms. The number of aliphatic hydroxyl groups excluding tert-OH is 7. The van der Waals surface area contributed by atoms with Crippen LogP contribution in [0.4, 0.5) is 30.6 Å². The molecule has 18 atom stereocenters. The van der Waals surface area contributed by atoms with E-state index in [2.05, 4.69) is 76.8 Å². The maximum absolute atomic E-state index is 14.8. The summed E-state index contributed by atoms with van der Waals surface area (Å²) >= 11 is 3.67. The zero-order valence-electron chi connectivity index (χ0n) is 84.3. The summed E-state index contributed by atoms with van der Waals surface area (Å²) in [5.74, 6) is -6.53. The quantitative estimate of drug-likeness (QED) is 0.0168. The molecule has 3 aromatic carbocycles. The monoisotopic (exact) mass is 1580 g/mol. The molecule has 12 N–H and O–H groups in total. The molecule has 0 amide bonds. The Bertz CT molecular complexity index is 5910. The molecule has 108 heavy (non-hydrogen) atoms. The van der Waals surface area contributed by atoms with Crippen molar-refractivity contribution in [1.82, 2.24) is 74.9 Å². The lowest BCUT2D eigenvalue weighted by molar-refractivity contribution is -0.0629. The number of fused-ring (bicyclic) bond motifs is 3. The van der Waals surface area contributed by atoms with Gasteiger partial charge in [-0.2, -0.15) is 0 Å². The van der Waals surface area contributed by atoms with E-state index in [0.29, 0.717) is 23.7 Å². The first-order chi connectivity index (χ1) is 62.1. The van der Waals surface area contributed by atoms with Crippen molar-refractivity contribution in [1.29, 1.82) is 0 Å². The summed E-state index contributed by atoms with van der Waals surface area (Å²) in [6, 6.07) is -15.4. The average Bonchev–Trinajstić information content (AvgIpc) is 1.51. The molecular weight excluding hydrogens is 1460 g/mol. The summed E-state index contributed by atoms with van der Waals surface area (Å²) in [6.45, 7) is -4.04. The number of hydrogen-bond acceptors (Lipinski definition) is 30. The molecule has 6 saturated carbocycles. The number of anilines is 3. The van der Waals surface area contributed by atoms with E-state index < -0.39 is 256 Å². The lowest BCUT2D eigenvalue weighted by atomic mass is 10.1. The van der Waals surface area contributed by atoms with Gasteiger partial charge in [0.1, 0.15) is 54.1 Å². The van der Waals surface area contributed by atoms with Gasteiger partial charge in [0.15, 0.2) is 66.4 Å². The molecule has 0 aliphatic heterocycles. The highest BCUT2D eigenvalue weighted by atomic mass is 32.2. The SMILES string of the molecule is [2H]c1c([2H])c([C@@H]2C([2H])([2H])[C@@]2([2H])Nc2nc(SCCC)nc3c2nnn3[C@@H]2C[C@H](OC([2H])([2H])C([2H])([2H])O)[C@@H](O)[C@H]2O)c([2H])c(F)c1C.[2H]c1c([2H])c([C@@H]2C([2H])([2H])[C@@]2([2H])Nc2nc(SCCC)nc3c2nnn3[C@@H]2C[C@H](OC([2H])([2H])CO)[C@@H](O)[C@H]2O)c([2H])c(F)c1C.[2H]c1c([2H])c([C@@H]2C([2H])([2H])[C@@]2([2H])Nc2nc(SCCC)nc3c2nnn3[C@@H]2C[C@H](OCC([2H])([2H])O)[C@@H](O)[C@H]2O)c([2H])c(F)c1C. The van der Waals surface area contributed by atoms with Crippen molar-refractivity contribution in [3.63, 3.8) is 0 Å². The van der Waals surface area contributed by atoms with Crippen LogP contribution in [0.25, 0.3) is 33.5 Å². The van der Waals surface area contributed by atoms with Crippen molar-refractivity contribution in [3.05, 3.63) is 105 Å². The zero-order chi connectivity index (χ0) is 99.3. The van der Waals surface area contributed by atoms with Gasteiger partial charge in [0.25, 0.3) is 0 Å². The number of nitrogens with one attached hydrogen (secondary N) is 3. The van der Waals surface area contributed by atoms with Crippen LogP contribution >= 0.6 is 35.3 Å². The Hall–Kier alpha value is -7.14. The van der Waals surface area contributed by atoms with E-state index >= 15 is 0 Å². The molecule has 6 heterocycles. The summed E-state index contributed by atoms with van der Waals surface area (Å²) in [5, 5.41) is 125. The third-order valence-electron chi connectivity index (χ3n) is 17.9. The van der Waals surface area contributed by atoms with Crippen molar-refractivity contribution in [2.24, 2.45) is 0 Å². The zero-order valence-corrected chi connectivity index (χ0v) is 60.7. The van der Waals surface area contributed by atoms with Gasteiger partial charge in [-0.1, -0.05) is 108 Å². The fraction of sp³-hybridized carbons (Fsp3) is 0.583. The van der Waals surface area contributed by atoms with Crippen LogP contribution in [0.2, 0.25) is 0 Å². The standard InChI is InChI=1S/3C24H31FN6O4S/c3*1-3-8-36-24-27-22(26-16-10-14(16)13-5-4-12(2)15(25)9-13)19-23(28-24)31(30-29-19)17-11-18(35-7-6-32)21(34)20(17)33/h3*4-5,9,14,16-18,20-21,32-34H,3,6-8,10-11H2,1-2H3,(H,26,27,28)/t3*14-,16+,17+,18-,20-,21+/m000/s1/i4D,5D,6D2,7D2,9D,10D2,16D;4D,5D,7D2,9D,10D2,16D;4D,5D,6D2,9D,10D2,16D. The average molecular weight is 1580 g/mol. The van der Waals surface area contributed by atoms with Gasteiger partial charge in [-0.3, -0.25) is 0 Å². The van der Waals surface area contributed by atoms with Gasteiger partial charge in [-0.15, -0.1) is 15.3 Å². The minimum Gasteiger partial charge on any atom is -0.394 e. The number of thioether (sulfide) groups is 3. The smallest absolute Gasteiger partial charge is 0.191 e. The number of rotatable bonds is 30. The van der Waals surface area contributed by atoms with Crippen molar-refractivity contribution in [2.75, 3.05) is 72.7 Å². The van der Waals surface area contributed by atoms with Crippen LogP contribution in [0.15, 0.2) is 69.9 Å². The molecule has 0 spiro atoms. The van der Waals surface area contributed by atoms with Crippen molar-refractivity contribution in [2.45, 2.75) is 224 Å². The number of aromatic nitrogens is 15. The molecule has 6 fully saturated rings. The second-order valence-electron chi connectivity index (χ2n) is 25.4. The predicted molar refractivity (Wildman–Crippen MR) is 398 cm³/mol. The van der Waals surface area contributed by atoms with Crippen LogP contribution < -0.4 is 16.0 Å². The second-order valence-corrected chi connectivity index (χ2v) is 28.6. The van der Waals surface area contributed by atoms with E-state index in [9.17, 15) is 59.1 Å². The fourth-order valence-corrected chi connectivity index (χ4v) is 14.1. The van der Waals surface area contributed by atoms with Crippen LogP contribution in [0, 0.1) is 38.2 Å². The lowest BCUT2D eigenvalue weighted by Gasteiger charge is -2.17. The van der Waals surface area contributed by atoms with Crippen LogP contribution in [-0.2, 0) is 14.2 Å². The normalized spacial score (nSPS) is 35.1. The molecule has 30 nitrogen and oxygen atoms in total. The van der Waals surface area contributed by atoms with E-state index in [1.165, 1.54) is 65.4 Å². The van der Waals surface area contributed by atoms with Crippen LogP contribution in [-0.4, -0.2) is 251 Å². The van der Waals surface area contributed by atoms with E-state index in [1.54, 1.807) is 0 Å². The Morgan fingerprint density at radius 1 is 0.481 bits per heavy atom. The first kappa shape index (κ1) is 52.2. The summed E-state index contributed by atoms with van der Waals surface area (Å²) < 4.78 is 275. The van der Waals surface area contributed by atoms with E-state index in [4.69, 9.17) is 49.9 Å². The summed E-state index contributed by atoms with van der Waals surface area (Å²) in [7, 11) is 0. The summed E-state index contributed by atoms with van der Waals surface area (Å²) in [6.07, 6.45) is -18.7. The topological polar surface area (TPSA) is 415 Å². The van der Waals surface area contributed by atoms with E-state index in [0.717, 1.165) is 17.5 Å². The molecule has 6 aromatic heterocycles. The molecular formula is C72H93F3N18O12S3. The molecule has 0 radical (unpaired) electrons. The lowest BCUT2D eigenvalue weighted by Crippen LogP contribution is -2.33. The minimum absolute atomic E-state index is 0.0230. The van der Waals surface area contributed by atoms with Crippen LogP contribution in [0.1, 0.15) is 183 Å². The van der Waals surface area contributed by atoms with Gasteiger partial charge in [0.05, 0.1) is 103 Å². The van der Waals surface area contributed by atoms with Crippen LogP contribution in [0.5, 0.6) is 0 Å². The van der Waals surface area contributed by atoms with Crippen molar-refractivity contribution >= 4 is 86.2 Å². The largest absolute Gasteiger partial charge is 0.394 e. The summed E-state index contributed by atoms with van der Waals surface area (Å²) in [5.41, 5.74) is -2.06. The molecule has 0 unspecified atom stereocenters. The molecule has 9 aromatic rings. The first-order valence-corrected chi connectivity index (χ1v) is 37.1. The number of aliphatic hydroxyl groups is 9. The van der Waals surface area contributed by atoms with Crippen molar-refractivity contribution < 1.29 is 109 Å². The van der Waals surface area contributed by atoms with Gasteiger partial charge >= 0.3 is 0 Å². The fourth-order valence-electron chi connectivity index (χ4n) is 12.1. The molecule has 0 saturated heterocycles. The Balaban J connectivity index is 0.000000170. The van der Waals surface area contributed by atoms with Gasteiger partial charge in [-0.25, -0.2) is 57.1 Å². The third kappa shape index (κ3) is 17.5. The number of ether oxygens (including phenoxy) is 3. The molecule has 582 valence electrons. The summed E-state index contributed by atoms with van der Waals surface area (Å²) in [4.78, 5) is 26.7. The highest BCUT2D eigenvalue weighted by molar-refractivity contribution is 7.99. The Morgan fingerprint density at radius 3 is 1.11 bits per heavy atom. The van der Waals surface area contributed by atoms with Gasteiger partial charge in [0.2, 0.25) is 0 Å². The first-order valence-electron chi connectivity index (χ1n) is 47.1. The maximum Gasteiger partial charge on any atom is 0.191 e. The molecule has 6 aliphatic rings.